The maximum Gasteiger partial charge on any atom is 0.328 e. The second kappa shape index (κ2) is 9.41. The molecule has 0 saturated heterocycles. The summed E-state index contributed by atoms with van der Waals surface area (Å²) in [6.07, 6.45) is 2.17. The summed E-state index contributed by atoms with van der Waals surface area (Å²) in [7, 11) is 1.27. The number of nitrogens with one attached hydrogen (secondary N) is 2. The molecule has 7 heteroatoms. The fourth-order valence-electron chi connectivity index (χ4n) is 1.37. The van der Waals surface area contributed by atoms with Crippen molar-refractivity contribution >= 4 is 17.8 Å². The van der Waals surface area contributed by atoms with Gasteiger partial charge in [-0.25, -0.2) is 4.79 Å². The first-order chi connectivity index (χ1) is 8.51. The van der Waals surface area contributed by atoms with Crippen LogP contribution in [-0.2, 0) is 19.1 Å². The van der Waals surface area contributed by atoms with E-state index in [4.69, 9.17) is 0 Å². The van der Waals surface area contributed by atoms with Crippen molar-refractivity contribution in [2.45, 2.75) is 32.2 Å². The molecular formula is C11H22N3O4+. The number of ether oxygens (including phenoxy) is 1. The smallest absolute Gasteiger partial charge is 0.328 e. The van der Waals surface area contributed by atoms with Crippen LogP contribution in [0.1, 0.15) is 26.2 Å². The molecule has 18 heavy (non-hydrogen) atoms. The van der Waals surface area contributed by atoms with Gasteiger partial charge >= 0.3 is 5.97 Å². The van der Waals surface area contributed by atoms with Crippen molar-refractivity contribution < 1.29 is 24.9 Å². The summed E-state index contributed by atoms with van der Waals surface area (Å²) in [4.78, 5) is 33.6. The SMILES string of the molecule is COC(=O)[C@H](CCCC[NH3+])NC(=O)CNC(C)=O. The molecule has 0 aliphatic heterocycles. The van der Waals surface area contributed by atoms with Gasteiger partial charge in [-0.3, -0.25) is 9.59 Å². The van der Waals surface area contributed by atoms with Crippen LogP contribution in [-0.4, -0.2) is 44.0 Å². The second-order valence-electron chi connectivity index (χ2n) is 3.90. The summed E-state index contributed by atoms with van der Waals surface area (Å²) in [5.74, 6) is -1.18. The number of hydrogen-bond donors (Lipinski definition) is 3. The molecule has 0 unspecified atom stereocenters. The van der Waals surface area contributed by atoms with Gasteiger partial charge in [-0.15, -0.1) is 0 Å². The Morgan fingerprint density at radius 2 is 1.94 bits per heavy atom. The molecular weight excluding hydrogens is 238 g/mol. The molecule has 0 aliphatic carbocycles. The van der Waals surface area contributed by atoms with Gasteiger partial charge in [0.1, 0.15) is 6.04 Å². The Balaban J connectivity index is 4.17. The van der Waals surface area contributed by atoms with E-state index in [1.54, 1.807) is 0 Å². The van der Waals surface area contributed by atoms with Crippen LogP contribution in [0.5, 0.6) is 0 Å². The van der Waals surface area contributed by atoms with Gasteiger partial charge in [0.2, 0.25) is 11.8 Å². The molecule has 0 aliphatic rings. The van der Waals surface area contributed by atoms with E-state index in [1.165, 1.54) is 14.0 Å². The Morgan fingerprint density at radius 3 is 2.44 bits per heavy atom. The number of quaternary nitrogens is 1. The topological polar surface area (TPSA) is 112 Å². The van der Waals surface area contributed by atoms with Gasteiger partial charge in [0.25, 0.3) is 0 Å². The third-order valence-electron chi connectivity index (χ3n) is 2.31. The van der Waals surface area contributed by atoms with Crippen LogP contribution in [0.25, 0.3) is 0 Å². The van der Waals surface area contributed by atoms with Crippen LogP contribution in [0.3, 0.4) is 0 Å². The van der Waals surface area contributed by atoms with Gasteiger partial charge < -0.3 is 21.1 Å². The highest BCUT2D eigenvalue weighted by Crippen LogP contribution is 2.01. The summed E-state index contributed by atoms with van der Waals surface area (Å²) in [5, 5.41) is 4.90. The number of esters is 1. The third kappa shape index (κ3) is 7.61. The van der Waals surface area contributed by atoms with E-state index >= 15 is 0 Å². The van der Waals surface area contributed by atoms with Crippen LogP contribution in [0.2, 0.25) is 0 Å². The Hall–Kier alpha value is -1.63. The summed E-state index contributed by atoms with van der Waals surface area (Å²) in [6.45, 7) is 1.96. The van der Waals surface area contributed by atoms with Crippen molar-refractivity contribution in [1.29, 1.82) is 0 Å². The standard InChI is InChI=1S/C11H21N3O4/c1-8(15)13-7-10(16)14-9(11(17)18-2)5-3-4-6-12/h9H,3-7,12H2,1-2H3,(H,13,15)(H,14,16)/p+1/t9-/m0/s1. The Kier molecular flexibility index (Phi) is 8.55. The van der Waals surface area contributed by atoms with E-state index in [1.807, 2.05) is 0 Å². The normalized spacial score (nSPS) is 11.5. The molecule has 5 N–H and O–H groups in total. The van der Waals surface area contributed by atoms with Crippen molar-refractivity contribution in [3.05, 3.63) is 0 Å². The number of unbranched alkanes of at least 4 members (excludes halogenated alkanes) is 1. The zero-order chi connectivity index (χ0) is 14.0. The maximum atomic E-state index is 11.5. The predicted octanol–water partition coefficient (Wildman–Crippen LogP) is -1.81. The molecule has 0 radical (unpaired) electrons. The van der Waals surface area contributed by atoms with Crippen LogP contribution in [0, 0.1) is 0 Å². The molecule has 0 bridgehead atoms. The number of rotatable bonds is 8. The Labute approximate surface area is 106 Å². The molecule has 0 saturated carbocycles. The van der Waals surface area contributed by atoms with E-state index in [0.717, 1.165) is 19.4 Å². The zero-order valence-corrected chi connectivity index (χ0v) is 11.0. The monoisotopic (exact) mass is 260 g/mol. The number of amides is 2. The minimum atomic E-state index is -0.664. The lowest BCUT2D eigenvalue weighted by atomic mass is 10.1. The van der Waals surface area contributed by atoms with Crippen LogP contribution >= 0.6 is 0 Å². The van der Waals surface area contributed by atoms with E-state index in [2.05, 4.69) is 21.1 Å². The fraction of sp³-hybridized carbons (Fsp3) is 0.727. The van der Waals surface area contributed by atoms with Gasteiger partial charge in [0.15, 0.2) is 0 Å². The fourth-order valence-corrected chi connectivity index (χ4v) is 1.37. The lowest BCUT2D eigenvalue weighted by molar-refractivity contribution is -0.368. The summed E-state index contributed by atoms with van der Waals surface area (Å²) in [6, 6.07) is -0.664. The first-order valence-electron chi connectivity index (χ1n) is 5.92. The number of methoxy groups -OCH3 is 1. The molecule has 0 aromatic heterocycles. The molecule has 0 aromatic rings. The number of carbonyl (C=O) groups excluding carboxylic acids is 3. The first-order valence-corrected chi connectivity index (χ1v) is 5.92. The Bertz CT molecular complexity index is 294. The highest BCUT2D eigenvalue weighted by molar-refractivity contribution is 5.87. The molecule has 104 valence electrons. The van der Waals surface area contributed by atoms with Crippen LogP contribution in [0.4, 0.5) is 0 Å². The average molecular weight is 260 g/mol. The largest absolute Gasteiger partial charge is 0.467 e. The lowest BCUT2D eigenvalue weighted by Gasteiger charge is -2.16. The molecule has 1 atom stereocenters. The van der Waals surface area contributed by atoms with Crippen LogP contribution < -0.4 is 16.4 Å². The summed E-state index contributed by atoms with van der Waals surface area (Å²) >= 11 is 0. The van der Waals surface area contributed by atoms with Gasteiger partial charge in [-0.2, -0.15) is 0 Å². The quantitative estimate of drug-likeness (QED) is 0.353. The Morgan fingerprint density at radius 1 is 1.28 bits per heavy atom. The molecule has 0 fully saturated rings. The predicted molar refractivity (Wildman–Crippen MR) is 64.2 cm³/mol. The highest BCUT2D eigenvalue weighted by atomic mass is 16.5. The van der Waals surface area contributed by atoms with Gasteiger partial charge in [0.05, 0.1) is 20.2 Å². The first kappa shape index (κ1) is 16.4. The van der Waals surface area contributed by atoms with Gasteiger partial charge in [0, 0.05) is 6.92 Å². The molecule has 0 spiro atoms. The minimum Gasteiger partial charge on any atom is -0.467 e. The van der Waals surface area contributed by atoms with Gasteiger partial charge in [-0.1, -0.05) is 0 Å². The third-order valence-corrected chi connectivity index (χ3v) is 2.31. The van der Waals surface area contributed by atoms with E-state index in [0.29, 0.717) is 6.42 Å². The minimum absolute atomic E-state index is 0.141. The molecule has 2 amide bonds. The van der Waals surface area contributed by atoms with E-state index < -0.39 is 17.9 Å². The second-order valence-corrected chi connectivity index (χ2v) is 3.90. The van der Waals surface area contributed by atoms with Crippen molar-refractivity contribution in [1.82, 2.24) is 10.6 Å². The van der Waals surface area contributed by atoms with Crippen molar-refractivity contribution in [2.75, 3.05) is 20.2 Å². The number of hydrogen-bond acceptors (Lipinski definition) is 4. The molecule has 0 heterocycles. The molecule has 0 aromatic carbocycles. The average Bonchev–Trinajstić information content (AvgIpc) is 2.34. The van der Waals surface area contributed by atoms with Gasteiger partial charge in [-0.05, 0) is 19.3 Å². The van der Waals surface area contributed by atoms with Crippen molar-refractivity contribution in [2.24, 2.45) is 0 Å². The van der Waals surface area contributed by atoms with Crippen LogP contribution in [0.15, 0.2) is 0 Å². The zero-order valence-electron chi connectivity index (χ0n) is 11.0. The van der Waals surface area contributed by atoms with E-state index in [-0.39, 0.29) is 12.5 Å². The highest BCUT2D eigenvalue weighted by Gasteiger charge is 2.20. The molecule has 0 rings (SSSR count). The summed E-state index contributed by atoms with van der Waals surface area (Å²) < 4.78 is 4.61. The molecule has 7 nitrogen and oxygen atoms in total. The summed E-state index contributed by atoms with van der Waals surface area (Å²) in [5.41, 5.74) is 3.71. The maximum absolute atomic E-state index is 11.5. The van der Waals surface area contributed by atoms with E-state index in [9.17, 15) is 14.4 Å². The van der Waals surface area contributed by atoms with Crippen molar-refractivity contribution in [3.63, 3.8) is 0 Å². The number of carbonyl (C=O) groups is 3. The lowest BCUT2D eigenvalue weighted by Crippen LogP contribution is -2.50. The van der Waals surface area contributed by atoms with Crippen molar-refractivity contribution in [3.8, 4) is 0 Å².